The molecule has 0 aliphatic heterocycles. The Kier molecular flexibility index (Phi) is 40.3. The maximum atomic E-state index is 10.9. The van der Waals surface area contributed by atoms with Crippen LogP contribution < -0.4 is 10.6 Å². The third-order valence-electron chi connectivity index (χ3n) is 8.12. The van der Waals surface area contributed by atoms with Gasteiger partial charge in [-0.3, -0.25) is 0 Å². The molecule has 0 amide bonds. The molecule has 0 heterocycles. The van der Waals surface area contributed by atoms with Crippen LogP contribution in [-0.2, 0) is 86.5 Å². The summed E-state index contributed by atoms with van der Waals surface area (Å²) in [7, 11) is -4.04. The van der Waals surface area contributed by atoms with Crippen LogP contribution in [0.1, 0.15) is 57.4 Å². The molecule has 0 saturated carbocycles. The summed E-state index contributed by atoms with van der Waals surface area (Å²) in [4.78, 5) is 0. The number of hydrogen-bond donors (Lipinski definition) is 1. The maximum Gasteiger partial charge on any atom is 0.597 e. The largest absolute Gasteiger partial charge is 0.597 e. The molecule has 17 nitrogen and oxygen atoms in total. The number of ether oxygens (including phenoxy) is 12. The van der Waals surface area contributed by atoms with Gasteiger partial charge >= 0.3 is 10.8 Å². The lowest BCUT2D eigenvalue weighted by atomic mass is 10.0. The quantitative estimate of drug-likeness (QED) is 0.0428. The second-order valence-electron chi connectivity index (χ2n) is 13.0. The first-order valence-corrected chi connectivity index (χ1v) is 22.4. The fraction of sp³-hybridized carbons (Fsp3) is 0.805. The van der Waals surface area contributed by atoms with Crippen LogP contribution in [0.2, 0.25) is 0 Å². The van der Waals surface area contributed by atoms with E-state index in [9.17, 15) is 8.76 Å². The minimum Gasteiger partial charge on any atom is -0.491 e. The summed E-state index contributed by atoms with van der Waals surface area (Å²) in [5.41, 5.74) is 1.35. The minimum absolute atomic E-state index is 0.0860. The van der Waals surface area contributed by atoms with E-state index in [1.54, 1.807) is 6.08 Å². The van der Waals surface area contributed by atoms with E-state index in [2.05, 4.69) is 40.0 Å². The topological polar surface area (TPSA) is 194 Å². The lowest BCUT2D eigenvalue weighted by molar-refractivity contribution is -0.640. The van der Waals surface area contributed by atoms with E-state index in [-0.39, 0.29) is 19.3 Å². The SMILES string of the molecule is C=CCOCC(COc1ccc(CCCCCCCCC)cc1)OCCOCCOCCOCCOCCOCCOCCOCCOCCOCCO[S+]([O])(=O)O[NH3+]. The van der Waals surface area contributed by atoms with Crippen molar-refractivity contribution in [1.29, 1.82) is 0 Å². The average Bonchev–Trinajstić information content (AvgIpc) is 3.24. The van der Waals surface area contributed by atoms with Crippen LogP contribution in [0.15, 0.2) is 36.9 Å². The van der Waals surface area contributed by atoms with Crippen LogP contribution in [0.4, 0.5) is 0 Å². The van der Waals surface area contributed by atoms with Crippen molar-refractivity contribution in [3.8, 4) is 5.75 Å². The zero-order valence-corrected chi connectivity index (χ0v) is 36.6. The van der Waals surface area contributed by atoms with E-state index >= 15 is 0 Å². The summed E-state index contributed by atoms with van der Waals surface area (Å²) in [6, 6.07) is 8.38. The number of rotatable bonds is 48. The highest BCUT2D eigenvalue weighted by atomic mass is 32.3. The van der Waals surface area contributed by atoms with Crippen molar-refractivity contribution in [3.63, 3.8) is 0 Å². The molecule has 2 unspecified atom stereocenters. The number of benzene rings is 1. The Morgan fingerprint density at radius 2 is 0.966 bits per heavy atom. The molecular weight excluding hydrogens is 795 g/mol. The molecule has 1 radical (unpaired) electrons. The highest BCUT2D eigenvalue weighted by Crippen LogP contribution is 2.16. The van der Waals surface area contributed by atoms with Gasteiger partial charge in [0.1, 0.15) is 29.6 Å². The van der Waals surface area contributed by atoms with Crippen LogP contribution in [-0.4, -0.2) is 158 Å². The molecule has 59 heavy (non-hydrogen) atoms. The molecule has 1 aromatic rings. The van der Waals surface area contributed by atoms with Crippen LogP contribution in [0.5, 0.6) is 5.75 Å². The molecule has 18 heteroatoms. The van der Waals surface area contributed by atoms with Gasteiger partial charge in [0.05, 0.1) is 143 Å². The van der Waals surface area contributed by atoms with Gasteiger partial charge in [0.2, 0.25) is 0 Å². The molecule has 0 aliphatic carbocycles. The van der Waals surface area contributed by atoms with Crippen LogP contribution in [0.25, 0.3) is 0 Å². The second kappa shape index (κ2) is 43.0. The summed E-state index contributed by atoms with van der Waals surface area (Å²) in [5, 5.41) is 0. The highest BCUT2D eigenvalue weighted by Gasteiger charge is 2.35. The Morgan fingerprint density at radius 3 is 1.39 bits per heavy atom. The molecule has 0 bridgehead atoms. The lowest BCUT2D eigenvalue weighted by Crippen LogP contribution is -2.53. The Balaban J connectivity index is 1.86. The zero-order chi connectivity index (χ0) is 42.6. The number of aryl methyl sites for hydroxylation is 1. The average molecular weight is 871 g/mol. The lowest BCUT2D eigenvalue weighted by Gasteiger charge is -2.19. The summed E-state index contributed by atoms with van der Waals surface area (Å²) < 4.78 is 96.9. The van der Waals surface area contributed by atoms with E-state index in [0.29, 0.717) is 139 Å². The molecule has 0 saturated heterocycles. The summed E-state index contributed by atoms with van der Waals surface area (Å²) in [6.45, 7) is 15.1. The van der Waals surface area contributed by atoms with Crippen molar-refractivity contribution in [2.24, 2.45) is 0 Å². The molecule has 0 fully saturated rings. The normalized spacial score (nSPS) is 13.1. The first-order valence-electron chi connectivity index (χ1n) is 21.0. The van der Waals surface area contributed by atoms with Crippen molar-refractivity contribution in [2.75, 3.05) is 152 Å². The van der Waals surface area contributed by atoms with Gasteiger partial charge in [-0.2, -0.15) is 5.90 Å². The van der Waals surface area contributed by atoms with Crippen molar-refractivity contribution in [2.45, 2.75) is 64.4 Å². The van der Waals surface area contributed by atoms with Crippen molar-refractivity contribution < 1.29 is 80.0 Å². The van der Waals surface area contributed by atoms with Gasteiger partial charge in [0.15, 0.2) is 0 Å². The molecule has 1 rings (SSSR count). The van der Waals surface area contributed by atoms with Gasteiger partial charge in [-0.05, 0) is 30.5 Å². The molecule has 0 aliphatic rings. The van der Waals surface area contributed by atoms with E-state index in [1.807, 2.05) is 12.1 Å². The Hall–Kier alpha value is -1.69. The Morgan fingerprint density at radius 1 is 0.559 bits per heavy atom. The molecule has 0 spiro atoms. The van der Waals surface area contributed by atoms with Gasteiger partial charge in [0, 0.05) is 4.21 Å². The van der Waals surface area contributed by atoms with Gasteiger partial charge in [-0.15, -0.1) is 10.8 Å². The molecular formula is C41H76NO16S+2. The van der Waals surface area contributed by atoms with E-state index in [1.165, 1.54) is 50.5 Å². The predicted octanol–water partition coefficient (Wildman–Crippen LogP) is 3.96. The summed E-state index contributed by atoms with van der Waals surface area (Å²) in [5.74, 6) is 3.61. The highest BCUT2D eigenvalue weighted by molar-refractivity contribution is 7.88. The van der Waals surface area contributed by atoms with Gasteiger partial charge in [-0.25, -0.2) is 0 Å². The van der Waals surface area contributed by atoms with E-state index < -0.39 is 10.8 Å². The van der Waals surface area contributed by atoms with Crippen LogP contribution >= 0.6 is 0 Å². The van der Waals surface area contributed by atoms with Crippen molar-refractivity contribution in [1.82, 2.24) is 0 Å². The van der Waals surface area contributed by atoms with Gasteiger partial charge in [0.25, 0.3) is 0 Å². The van der Waals surface area contributed by atoms with Crippen LogP contribution in [0.3, 0.4) is 0 Å². The van der Waals surface area contributed by atoms with Crippen LogP contribution in [0, 0.1) is 0 Å². The third-order valence-corrected chi connectivity index (χ3v) is 8.87. The smallest absolute Gasteiger partial charge is 0.491 e. The first kappa shape index (κ1) is 55.3. The summed E-state index contributed by atoms with van der Waals surface area (Å²) >= 11 is 0. The number of hydrogen-bond acceptors (Lipinski definition) is 15. The first-order chi connectivity index (χ1) is 29.0. The fourth-order valence-electron chi connectivity index (χ4n) is 5.02. The standard InChI is InChI=1S/C41H76NO16S/c1-3-5-6-7-8-9-10-11-39-12-14-40(15-13-39)56-38-41(37-54-16-4-2)55-35-33-52-31-29-50-27-25-48-23-21-46-19-17-45-18-20-47-22-24-49-26-28-51-30-32-53-34-36-57-59(43,44)58-42/h4,12-15,41H,2-3,5-11,16-38H2,1,42H3/q+2. The van der Waals surface area contributed by atoms with Crippen molar-refractivity contribution >= 4 is 10.8 Å². The minimum atomic E-state index is -4.04. The maximum absolute atomic E-state index is 10.9. The third kappa shape index (κ3) is 38.9. The van der Waals surface area contributed by atoms with Crippen molar-refractivity contribution in [3.05, 3.63) is 42.5 Å². The second-order valence-corrected chi connectivity index (χ2v) is 14.3. The number of quaternary nitrogens is 1. The van der Waals surface area contributed by atoms with Gasteiger partial charge < -0.3 is 56.8 Å². The molecule has 0 aromatic heterocycles. The molecule has 3 N–H and O–H groups in total. The Bertz CT molecular complexity index is 1080. The monoisotopic (exact) mass is 870 g/mol. The Labute approximate surface area is 354 Å². The molecule has 345 valence electrons. The van der Waals surface area contributed by atoms with E-state index in [0.717, 1.165) is 12.2 Å². The fourth-order valence-corrected chi connectivity index (χ4v) is 5.36. The summed E-state index contributed by atoms with van der Waals surface area (Å²) in [6.07, 6.45) is 11.8. The molecule has 1 aromatic carbocycles. The zero-order valence-electron chi connectivity index (χ0n) is 35.7. The van der Waals surface area contributed by atoms with E-state index in [4.69, 9.17) is 56.8 Å². The number of unbranched alkanes of at least 4 members (excludes halogenated alkanes) is 6. The molecule has 2 atom stereocenters. The predicted molar refractivity (Wildman–Crippen MR) is 220 cm³/mol. The van der Waals surface area contributed by atoms with Gasteiger partial charge in [-0.1, -0.05) is 63.7 Å².